The summed E-state index contributed by atoms with van der Waals surface area (Å²) in [5, 5.41) is 8.62. The van der Waals surface area contributed by atoms with Crippen molar-refractivity contribution in [1.82, 2.24) is 0 Å². The number of allylic oxidation sites excluding steroid dienone is 1. The SMILES string of the molecule is C=C/C(C(=O)OC)=C(/N)C(=N)CCCCBr. The Morgan fingerprint density at radius 2 is 2.19 bits per heavy atom. The minimum absolute atomic E-state index is 0.149. The van der Waals surface area contributed by atoms with E-state index in [1.807, 2.05) is 0 Å². The van der Waals surface area contributed by atoms with Gasteiger partial charge in [0, 0.05) is 5.33 Å². The molecule has 0 radical (unpaired) electrons. The van der Waals surface area contributed by atoms with E-state index in [9.17, 15) is 4.79 Å². The maximum Gasteiger partial charge on any atom is 0.340 e. The van der Waals surface area contributed by atoms with Gasteiger partial charge >= 0.3 is 5.97 Å². The summed E-state index contributed by atoms with van der Waals surface area (Å²) >= 11 is 3.31. The molecule has 0 aliphatic rings. The van der Waals surface area contributed by atoms with Crippen molar-refractivity contribution in [2.24, 2.45) is 5.73 Å². The van der Waals surface area contributed by atoms with Crippen LogP contribution < -0.4 is 5.73 Å². The van der Waals surface area contributed by atoms with Gasteiger partial charge in [0.2, 0.25) is 0 Å². The van der Waals surface area contributed by atoms with Crippen molar-refractivity contribution in [3.05, 3.63) is 23.9 Å². The van der Waals surface area contributed by atoms with Gasteiger partial charge in [0.05, 0.1) is 24.1 Å². The molecule has 0 unspecified atom stereocenters. The number of halogens is 1. The Bertz CT molecular complexity index is 311. The summed E-state index contributed by atoms with van der Waals surface area (Å²) in [7, 11) is 1.27. The summed E-state index contributed by atoms with van der Waals surface area (Å²) in [5.41, 5.74) is 6.26. The van der Waals surface area contributed by atoms with E-state index < -0.39 is 5.97 Å². The summed E-state index contributed by atoms with van der Waals surface area (Å²) in [6.07, 6.45) is 3.69. The Morgan fingerprint density at radius 1 is 1.56 bits per heavy atom. The lowest BCUT2D eigenvalue weighted by atomic mass is 10.1. The smallest absolute Gasteiger partial charge is 0.340 e. The summed E-state index contributed by atoms with van der Waals surface area (Å²) in [4.78, 5) is 11.3. The first-order chi connectivity index (χ1) is 7.58. The fourth-order valence-electron chi connectivity index (χ4n) is 1.11. The van der Waals surface area contributed by atoms with Crippen LogP contribution in [0.3, 0.4) is 0 Å². The van der Waals surface area contributed by atoms with Crippen LogP contribution in [0.1, 0.15) is 19.3 Å². The Labute approximate surface area is 104 Å². The predicted molar refractivity (Wildman–Crippen MR) is 68.8 cm³/mol. The Balaban J connectivity index is 4.63. The van der Waals surface area contributed by atoms with E-state index in [0.717, 1.165) is 18.2 Å². The van der Waals surface area contributed by atoms with Crippen LogP contribution in [0.4, 0.5) is 0 Å². The van der Waals surface area contributed by atoms with Crippen molar-refractivity contribution in [3.63, 3.8) is 0 Å². The van der Waals surface area contributed by atoms with Crippen molar-refractivity contribution in [2.45, 2.75) is 19.3 Å². The molecular formula is C11H17BrN2O2. The first kappa shape index (κ1) is 14.9. The highest BCUT2D eigenvalue weighted by molar-refractivity contribution is 9.09. The molecule has 0 rings (SSSR count). The van der Waals surface area contributed by atoms with Crippen LogP contribution in [0.15, 0.2) is 23.9 Å². The van der Waals surface area contributed by atoms with Gasteiger partial charge in [-0.25, -0.2) is 4.79 Å². The van der Waals surface area contributed by atoms with Crippen LogP contribution in [-0.4, -0.2) is 24.1 Å². The van der Waals surface area contributed by atoms with E-state index in [4.69, 9.17) is 11.1 Å². The van der Waals surface area contributed by atoms with Crippen molar-refractivity contribution < 1.29 is 9.53 Å². The highest BCUT2D eigenvalue weighted by atomic mass is 79.9. The number of nitrogens with two attached hydrogens (primary N) is 1. The molecule has 0 atom stereocenters. The highest BCUT2D eigenvalue weighted by Crippen LogP contribution is 2.09. The van der Waals surface area contributed by atoms with Crippen molar-refractivity contribution >= 4 is 27.6 Å². The monoisotopic (exact) mass is 288 g/mol. The number of carbonyl (C=O) groups is 1. The Hall–Kier alpha value is -1.10. The van der Waals surface area contributed by atoms with Crippen molar-refractivity contribution in [2.75, 3.05) is 12.4 Å². The third kappa shape index (κ3) is 4.61. The minimum Gasteiger partial charge on any atom is -0.465 e. The number of carbonyl (C=O) groups excluding carboxylic acids is 1. The second kappa shape index (κ2) is 8.10. The molecule has 5 heteroatoms. The summed E-state index contributed by atoms with van der Waals surface area (Å²) < 4.78 is 4.55. The number of unbranched alkanes of at least 4 members (excludes halogenated alkanes) is 1. The van der Waals surface area contributed by atoms with Gasteiger partial charge in [-0.2, -0.15) is 0 Å². The van der Waals surface area contributed by atoms with Crippen LogP contribution in [-0.2, 0) is 9.53 Å². The first-order valence-corrected chi connectivity index (χ1v) is 6.04. The molecule has 0 spiro atoms. The molecule has 0 bridgehead atoms. The summed E-state index contributed by atoms with van der Waals surface area (Å²) in [6, 6.07) is 0. The summed E-state index contributed by atoms with van der Waals surface area (Å²) in [6.45, 7) is 3.49. The van der Waals surface area contributed by atoms with Gasteiger partial charge in [0.15, 0.2) is 0 Å². The molecule has 0 saturated heterocycles. The number of rotatable bonds is 7. The molecule has 0 aliphatic carbocycles. The molecule has 0 aromatic rings. The zero-order chi connectivity index (χ0) is 12.6. The number of nitrogens with one attached hydrogen (secondary N) is 1. The molecule has 0 aromatic heterocycles. The lowest BCUT2D eigenvalue weighted by Crippen LogP contribution is -2.18. The molecule has 0 amide bonds. The van der Waals surface area contributed by atoms with E-state index in [2.05, 4.69) is 27.2 Å². The number of ether oxygens (including phenoxy) is 1. The van der Waals surface area contributed by atoms with Crippen LogP contribution >= 0.6 is 15.9 Å². The largest absolute Gasteiger partial charge is 0.465 e. The lowest BCUT2D eigenvalue weighted by Gasteiger charge is -2.07. The molecular weight excluding hydrogens is 272 g/mol. The van der Waals surface area contributed by atoms with E-state index in [1.54, 1.807) is 0 Å². The molecule has 0 saturated carbocycles. The number of hydrogen-bond acceptors (Lipinski definition) is 4. The van der Waals surface area contributed by atoms with Gasteiger partial charge < -0.3 is 15.9 Å². The Morgan fingerprint density at radius 3 is 2.62 bits per heavy atom. The molecule has 16 heavy (non-hydrogen) atoms. The number of hydrogen-bond donors (Lipinski definition) is 2. The Kier molecular flexibility index (Phi) is 7.54. The predicted octanol–water partition coefficient (Wildman–Crippen LogP) is 2.14. The number of alkyl halides is 1. The van der Waals surface area contributed by atoms with E-state index >= 15 is 0 Å². The standard InChI is InChI=1S/C11H17BrN2O2/c1-3-8(11(15)16-2)10(14)9(13)6-4-5-7-12/h3,13H,1,4-7,14H2,2H3/b10-8-,13-9?. The van der Waals surface area contributed by atoms with Gasteiger partial charge in [0.25, 0.3) is 0 Å². The second-order valence-electron chi connectivity index (χ2n) is 3.15. The normalized spacial score (nSPS) is 11.6. The van der Waals surface area contributed by atoms with Crippen LogP contribution in [0.2, 0.25) is 0 Å². The average molecular weight is 289 g/mol. The number of methoxy groups -OCH3 is 1. The molecule has 90 valence electrons. The zero-order valence-electron chi connectivity index (χ0n) is 9.38. The van der Waals surface area contributed by atoms with E-state index in [-0.39, 0.29) is 17.0 Å². The molecule has 0 fully saturated rings. The van der Waals surface area contributed by atoms with E-state index in [0.29, 0.717) is 6.42 Å². The lowest BCUT2D eigenvalue weighted by molar-refractivity contribution is -0.135. The molecule has 0 aromatic carbocycles. The van der Waals surface area contributed by atoms with Gasteiger partial charge in [-0.05, 0) is 19.3 Å². The highest BCUT2D eigenvalue weighted by Gasteiger charge is 2.13. The minimum atomic E-state index is -0.558. The van der Waals surface area contributed by atoms with Crippen molar-refractivity contribution in [1.29, 1.82) is 5.41 Å². The van der Waals surface area contributed by atoms with Crippen molar-refractivity contribution in [3.8, 4) is 0 Å². The van der Waals surface area contributed by atoms with Crippen LogP contribution in [0.25, 0.3) is 0 Å². The van der Waals surface area contributed by atoms with Gasteiger partial charge in [-0.1, -0.05) is 28.6 Å². The van der Waals surface area contributed by atoms with E-state index in [1.165, 1.54) is 13.2 Å². The first-order valence-electron chi connectivity index (χ1n) is 4.92. The quantitative estimate of drug-likeness (QED) is 0.188. The third-order valence-electron chi connectivity index (χ3n) is 2.04. The molecule has 3 N–H and O–H groups in total. The molecule has 4 nitrogen and oxygen atoms in total. The third-order valence-corrected chi connectivity index (χ3v) is 2.60. The molecule has 0 heterocycles. The van der Waals surface area contributed by atoms with Crippen LogP contribution in [0, 0.1) is 5.41 Å². The topological polar surface area (TPSA) is 76.2 Å². The van der Waals surface area contributed by atoms with Gasteiger partial charge in [0.1, 0.15) is 0 Å². The summed E-state index contributed by atoms with van der Waals surface area (Å²) in [5.74, 6) is -0.558. The number of esters is 1. The van der Waals surface area contributed by atoms with Crippen LogP contribution in [0.5, 0.6) is 0 Å². The average Bonchev–Trinajstić information content (AvgIpc) is 2.29. The van der Waals surface area contributed by atoms with Gasteiger partial charge in [-0.3, -0.25) is 0 Å². The fraction of sp³-hybridized carbons (Fsp3) is 0.455. The maximum absolute atomic E-state index is 11.3. The van der Waals surface area contributed by atoms with Gasteiger partial charge in [-0.15, -0.1) is 0 Å². The maximum atomic E-state index is 11.3. The molecule has 0 aliphatic heterocycles. The fourth-order valence-corrected chi connectivity index (χ4v) is 1.50. The zero-order valence-corrected chi connectivity index (χ0v) is 11.0. The second-order valence-corrected chi connectivity index (χ2v) is 3.94.